The highest BCUT2D eigenvalue weighted by molar-refractivity contribution is 6.31. The molecule has 142 valence electrons. The van der Waals surface area contributed by atoms with E-state index in [0.29, 0.717) is 29.3 Å². The van der Waals surface area contributed by atoms with E-state index in [1.165, 1.54) is 12.1 Å². The standard InChI is InChI=1S/C16H14ClFN2O2.2C2H6/c17-11-6-9(3-4-12(11)18)15-16-10(2-1-5-22-16)7-13(20-15)14(21)8-19;2*1-2/h1-4,6-7,14,21H,5,8,19H2;2*1-2H3. The predicted octanol–water partition coefficient (Wildman–Crippen LogP) is 4.99. The van der Waals surface area contributed by atoms with Gasteiger partial charge < -0.3 is 15.6 Å². The molecule has 0 radical (unpaired) electrons. The summed E-state index contributed by atoms with van der Waals surface area (Å²) in [5, 5.41) is 9.97. The number of ether oxygens (including phenoxy) is 1. The van der Waals surface area contributed by atoms with Crippen molar-refractivity contribution >= 4 is 17.7 Å². The van der Waals surface area contributed by atoms with E-state index < -0.39 is 11.9 Å². The van der Waals surface area contributed by atoms with Crippen LogP contribution in [0.3, 0.4) is 0 Å². The van der Waals surface area contributed by atoms with Crippen molar-refractivity contribution in [3.8, 4) is 17.0 Å². The molecule has 3 rings (SSSR count). The number of pyridine rings is 1. The van der Waals surface area contributed by atoms with Gasteiger partial charge in [0.05, 0.1) is 10.7 Å². The Morgan fingerprint density at radius 2 is 1.96 bits per heavy atom. The summed E-state index contributed by atoms with van der Waals surface area (Å²) >= 11 is 5.85. The monoisotopic (exact) mass is 380 g/mol. The Hall–Kier alpha value is -1.95. The number of hydrogen-bond donors (Lipinski definition) is 2. The van der Waals surface area contributed by atoms with Crippen LogP contribution in [0.25, 0.3) is 17.3 Å². The Bertz CT molecular complexity index is 751. The number of rotatable bonds is 3. The van der Waals surface area contributed by atoms with E-state index in [2.05, 4.69) is 4.98 Å². The van der Waals surface area contributed by atoms with E-state index in [1.807, 2.05) is 39.8 Å². The molecule has 0 spiro atoms. The maximum atomic E-state index is 13.4. The zero-order valence-electron chi connectivity index (χ0n) is 15.6. The minimum absolute atomic E-state index is 0.00387. The molecule has 1 aromatic carbocycles. The van der Waals surface area contributed by atoms with E-state index in [-0.39, 0.29) is 11.6 Å². The molecule has 0 aliphatic carbocycles. The first-order valence-electron chi connectivity index (χ1n) is 8.78. The zero-order chi connectivity index (χ0) is 19.7. The van der Waals surface area contributed by atoms with E-state index in [0.717, 1.165) is 5.56 Å². The van der Waals surface area contributed by atoms with Crippen molar-refractivity contribution in [1.29, 1.82) is 0 Å². The van der Waals surface area contributed by atoms with Crippen molar-refractivity contribution in [3.63, 3.8) is 0 Å². The summed E-state index contributed by atoms with van der Waals surface area (Å²) in [6.45, 7) is 8.48. The number of aliphatic hydroxyl groups excluding tert-OH is 1. The van der Waals surface area contributed by atoms with Crippen molar-refractivity contribution in [2.45, 2.75) is 33.8 Å². The van der Waals surface area contributed by atoms with E-state index in [4.69, 9.17) is 22.1 Å². The Labute approximate surface area is 159 Å². The van der Waals surface area contributed by atoms with Crippen molar-refractivity contribution in [1.82, 2.24) is 4.98 Å². The average molecular weight is 381 g/mol. The molecule has 6 heteroatoms. The second-order valence-corrected chi connectivity index (χ2v) is 5.32. The summed E-state index contributed by atoms with van der Waals surface area (Å²) in [7, 11) is 0. The van der Waals surface area contributed by atoms with Gasteiger partial charge in [-0.15, -0.1) is 0 Å². The van der Waals surface area contributed by atoms with Gasteiger partial charge in [-0.05, 0) is 30.3 Å². The fraction of sp³-hybridized carbons (Fsp3) is 0.350. The molecular weight excluding hydrogens is 355 g/mol. The number of halogens is 2. The first-order valence-corrected chi connectivity index (χ1v) is 9.15. The van der Waals surface area contributed by atoms with E-state index in [1.54, 1.807) is 12.1 Å². The van der Waals surface area contributed by atoms with Gasteiger partial charge in [0.15, 0.2) is 5.75 Å². The normalized spacial score (nSPS) is 12.6. The number of nitrogens with two attached hydrogens (primary N) is 1. The maximum absolute atomic E-state index is 13.4. The van der Waals surface area contributed by atoms with E-state index in [9.17, 15) is 9.50 Å². The molecule has 3 N–H and O–H groups in total. The van der Waals surface area contributed by atoms with Crippen molar-refractivity contribution in [3.05, 3.63) is 52.4 Å². The third-order valence-electron chi connectivity index (χ3n) is 3.40. The molecule has 0 saturated carbocycles. The lowest BCUT2D eigenvalue weighted by Gasteiger charge is -2.19. The van der Waals surface area contributed by atoms with Crippen LogP contribution in [0.15, 0.2) is 30.3 Å². The van der Waals surface area contributed by atoms with Crippen LogP contribution in [-0.4, -0.2) is 23.2 Å². The highest BCUT2D eigenvalue weighted by atomic mass is 35.5. The van der Waals surface area contributed by atoms with Crippen LogP contribution in [0.2, 0.25) is 5.02 Å². The zero-order valence-corrected chi connectivity index (χ0v) is 16.3. The lowest BCUT2D eigenvalue weighted by Crippen LogP contribution is -2.14. The molecular formula is C20H26ClFN2O2. The van der Waals surface area contributed by atoms with Gasteiger partial charge >= 0.3 is 0 Å². The largest absolute Gasteiger partial charge is 0.487 e. The molecule has 1 atom stereocenters. The van der Waals surface area contributed by atoms with Crippen molar-refractivity contribution in [2.24, 2.45) is 5.73 Å². The summed E-state index contributed by atoms with van der Waals surface area (Å²) in [6.07, 6.45) is 2.87. The van der Waals surface area contributed by atoms with Gasteiger partial charge in [-0.3, -0.25) is 0 Å². The molecule has 1 unspecified atom stereocenters. The molecule has 0 amide bonds. The Kier molecular flexibility index (Phi) is 9.27. The average Bonchev–Trinajstić information content (AvgIpc) is 2.71. The minimum Gasteiger partial charge on any atom is -0.487 e. The van der Waals surface area contributed by atoms with Gasteiger partial charge in [-0.1, -0.05) is 45.4 Å². The first kappa shape index (κ1) is 22.1. The third kappa shape index (κ3) is 5.04. The molecule has 1 aliphatic heterocycles. The van der Waals surface area contributed by atoms with E-state index >= 15 is 0 Å². The third-order valence-corrected chi connectivity index (χ3v) is 3.69. The summed E-state index contributed by atoms with van der Waals surface area (Å²) in [6, 6.07) is 6.07. The quantitative estimate of drug-likeness (QED) is 0.786. The molecule has 26 heavy (non-hydrogen) atoms. The summed E-state index contributed by atoms with van der Waals surface area (Å²) < 4.78 is 19.0. The molecule has 4 nitrogen and oxygen atoms in total. The summed E-state index contributed by atoms with van der Waals surface area (Å²) in [4.78, 5) is 4.43. The van der Waals surface area contributed by atoms with Gasteiger partial charge in [0.1, 0.15) is 24.2 Å². The molecule has 2 heterocycles. The second kappa shape index (κ2) is 10.9. The Morgan fingerprint density at radius 3 is 2.58 bits per heavy atom. The number of aromatic nitrogens is 1. The van der Waals surface area contributed by atoms with Gasteiger partial charge in [0, 0.05) is 17.7 Å². The van der Waals surface area contributed by atoms with Crippen LogP contribution in [0, 0.1) is 5.82 Å². The minimum atomic E-state index is -0.879. The van der Waals surface area contributed by atoms with Crippen molar-refractivity contribution < 1.29 is 14.2 Å². The van der Waals surface area contributed by atoms with Gasteiger partial charge in [0.2, 0.25) is 0 Å². The smallest absolute Gasteiger partial charge is 0.153 e. The highest BCUT2D eigenvalue weighted by Crippen LogP contribution is 2.37. The Balaban J connectivity index is 0.000000791. The molecule has 0 saturated heterocycles. The Morgan fingerprint density at radius 1 is 1.27 bits per heavy atom. The lowest BCUT2D eigenvalue weighted by molar-refractivity contribution is 0.182. The van der Waals surface area contributed by atoms with Crippen LogP contribution in [0.5, 0.6) is 5.75 Å². The van der Waals surface area contributed by atoms with Crippen LogP contribution >= 0.6 is 11.6 Å². The van der Waals surface area contributed by atoms with Crippen LogP contribution < -0.4 is 10.5 Å². The first-order chi connectivity index (χ1) is 12.6. The molecule has 2 aromatic rings. The fourth-order valence-electron chi connectivity index (χ4n) is 2.29. The van der Waals surface area contributed by atoms with Gasteiger partial charge in [-0.25, -0.2) is 9.37 Å². The van der Waals surface area contributed by atoms with Crippen LogP contribution in [0.4, 0.5) is 4.39 Å². The number of aliphatic hydroxyl groups is 1. The molecule has 0 bridgehead atoms. The molecule has 0 fully saturated rings. The second-order valence-electron chi connectivity index (χ2n) is 4.91. The van der Waals surface area contributed by atoms with Crippen LogP contribution in [0.1, 0.15) is 45.1 Å². The van der Waals surface area contributed by atoms with Crippen LogP contribution in [-0.2, 0) is 0 Å². The molecule has 1 aromatic heterocycles. The number of hydrogen-bond acceptors (Lipinski definition) is 4. The number of nitrogens with zero attached hydrogens (tertiary/aromatic N) is 1. The van der Waals surface area contributed by atoms with Gasteiger partial charge in [0.25, 0.3) is 0 Å². The SMILES string of the molecule is CC.CC.NCC(O)c1cc2c(c(-c3ccc(F)c(Cl)c3)n1)OCC=C2. The fourth-order valence-corrected chi connectivity index (χ4v) is 2.47. The summed E-state index contributed by atoms with van der Waals surface area (Å²) in [5.74, 6) is 0.0800. The van der Waals surface area contributed by atoms with Gasteiger partial charge in [-0.2, -0.15) is 0 Å². The number of fused-ring (bicyclic) bond motifs is 1. The predicted molar refractivity (Wildman–Crippen MR) is 106 cm³/mol. The maximum Gasteiger partial charge on any atom is 0.153 e. The summed E-state index contributed by atoms with van der Waals surface area (Å²) in [5.41, 5.74) is 7.85. The lowest BCUT2D eigenvalue weighted by atomic mass is 10.0. The molecule has 1 aliphatic rings. The van der Waals surface area contributed by atoms with Crippen molar-refractivity contribution in [2.75, 3.05) is 13.2 Å². The highest BCUT2D eigenvalue weighted by Gasteiger charge is 2.19. The topological polar surface area (TPSA) is 68.4 Å². The number of benzene rings is 1.